The van der Waals surface area contributed by atoms with Crippen LogP contribution in [0.3, 0.4) is 0 Å². The maximum absolute atomic E-state index is 11.2. The smallest absolute Gasteiger partial charge is 0.221 e. The van der Waals surface area contributed by atoms with Crippen molar-refractivity contribution in [3.8, 4) is 0 Å². The van der Waals surface area contributed by atoms with Crippen LogP contribution in [0, 0.1) is 5.21 Å². The first-order valence-electron chi connectivity index (χ1n) is 4.10. The number of hydroxylamine groups is 2. The molecule has 0 radical (unpaired) electrons. The molecule has 0 rings (SSSR count). The molecule has 12 heavy (non-hydrogen) atoms. The number of hydrogen-bond acceptors (Lipinski definition) is 4. The van der Waals surface area contributed by atoms with E-state index in [-0.39, 0.29) is 5.06 Å². The van der Waals surface area contributed by atoms with E-state index >= 15 is 0 Å². The summed E-state index contributed by atoms with van der Waals surface area (Å²) in [5.74, 6) is 0. The van der Waals surface area contributed by atoms with Crippen molar-refractivity contribution in [2.75, 3.05) is 14.2 Å². The molecular formula is C7H18N2O3. The SMILES string of the molecule is CCC(CC)(ONOC)[NH+](C)[O-]. The average Bonchev–Trinajstić information content (AvgIpc) is 2.07. The lowest BCUT2D eigenvalue weighted by Crippen LogP contribution is -3.14. The van der Waals surface area contributed by atoms with Gasteiger partial charge >= 0.3 is 0 Å². The predicted molar refractivity (Wildman–Crippen MR) is 44.8 cm³/mol. The highest BCUT2D eigenvalue weighted by atomic mass is 16.9. The molecule has 0 aliphatic heterocycles. The van der Waals surface area contributed by atoms with Gasteiger partial charge in [-0.05, 0) is 0 Å². The van der Waals surface area contributed by atoms with Gasteiger partial charge in [0.25, 0.3) is 0 Å². The van der Waals surface area contributed by atoms with Gasteiger partial charge in [0.1, 0.15) is 0 Å². The second-order valence-electron chi connectivity index (χ2n) is 2.65. The van der Waals surface area contributed by atoms with Crippen molar-refractivity contribution in [2.24, 2.45) is 0 Å². The third-order valence-electron chi connectivity index (χ3n) is 2.10. The van der Waals surface area contributed by atoms with E-state index in [1.54, 1.807) is 0 Å². The van der Waals surface area contributed by atoms with Gasteiger partial charge in [-0.2, -0.15) is 0 Å². The monoisotopic (exact) mass is 178 g/mol. The van der Waals surface area contributed by atoms with Gasteiger partial charge in [-0.15, -0.1) is 0 Å². The predicted octanol–water partition coefficient (Wildman–Crippen LogP) is -0.402. The summed E-state index contributed by atoms with van der Waals surface area (Å²) < 4.78 is 0. The fourth-order valence-electron chi connectivity index (χ4n) is 1.09. The van der Waals surface area contributed by atoms with E-state index in [1.165, 1.54) is 14.2 Å². The van der Waals surface area contributed by atoms with Crippen LogP contribution >= 0.6 is 0 Å². The van der Waals surface area contributed by atoms with Crippen molar-refractivity contribution >= 4 is 0 Å². The van der Waals surface area contributed by atoms with Crippen molar-refractivity contribution in [2.45, 2.75) is 32.4 Å². The molecule has 0 saturated heterocycles. The van der Waals surface area contributed by atoms with Crippen molar-refractivity contribution < 1.29 is 14.7 Å². The van der Waals surface area contributed by atoms with Gasteiger partial charge in [0, 0.05) is 12.8 Å². The van der Waals surface area contributed by atoms with Crippen LogP contribution in [0.5, 0.6) is 0 Å². The van der Waals surface area contributed by atoms with Crippen LogP contribution in [-0.4, -0.2) is 19.9 Å². The summed E-state index contributed by atoms with van der Waals surface area (Å²) in [6.07, 6.45) is 1.27. The first-order chi connectivity index (χ1) is 5.63. The van der Waals surface area contributed by atoms with E-state index in [4.69, 9.17) is 4.84 Å². The topological polar surface area (TPSA) is 58.0 Å². The Kier molecular flexibility index (Phi) is 5.36. The summed E-state index contributed by atoms with van der Waals surface area (Å²) in [6, 6.07) is 0. The maximum atomic E-state index is 11.2. The van der Waals surface area contributed by atoms with Crippen LogP contribution in [0.25, 0.3) is 0 Å². The summed E-state index contributed by atoms with van der Waals surface area (Å²) in [4.78, 5) is 9.64. The van der Waals surface area contributed by atoms with Crippen LogP contribution in [0.15, 0.2) is 0 Å². The third kappa shape index (κ3) is 2.69. The lowest BCUT2D eigenvalue weighted by molar-refractivity contribution is -0.922. The first-order valence-corrected chi connectivity index (χ1v) is 4.10. The highest BCUT2D eigenvalue weighted by molar-refractivity contribution is 4.61. The van der Waals surface area contributed by atoms with Crippen molar-refractivity contribution in [3.63, 3.8) is 0 Å². The zero-order valence-corrected chi connectivity index (χ0v) is 8.14. The summed E-state index contributed by atoms with van der Waals surface area (Å²) >= 11 is 0. The molecule has 0 aromatic heterocycles. The van der Waals surface area contributed by atoms with Gasteiger partial charge in [0.15, 0.2) is 0 Å². The maximum Gasteiger partial charge on any atom is 0.221 e. The van der Waals surface area contributed by atoms with Crippen molar-refractivity contribution in [1.82, 2.24) is 5.64 Å². The van der Waals surface area contributed by atoms with E-state index < -0.39 is 5.72 Å². The molecule has 0 fully saturated rings. The normalized spacial score (nSPS) is 14.8. The quantitative estimate of drug-likeness (QED) is 0.429. The fourth-order valence-corrected chi connectivity index (χ4v) is 1.09. The second kappa shape index (κ2) is 5.45. The van der Waals surface area contributed by atoms with E-state index in [9.17, 15) is 5.21 Å². The number of rotatable bonds is 6. The lowest BCUT2D eigenvalue weighted by atomic mass is 10.1. The van der Waals surface area contributed by atoms with Gasteiger partial charge in [0.2, 0.25) is 5.72 Å². The molecule has 74 valence electrons. The van der Waals surface area contributed by atoms with Gasteiger partial charge in [-0.1, -0.05) is 19.5 Å². The zero-order chi connectivity index (χ0) is 9.61. The second-order valence-corrected chi connectivity index (χ2v) is 2.65. The van der Waals surface area contributed by atoms with Gasteiger partial charge in [-0.25, -0.2) is 4.84 Å². The molecule has 0 aromatic rings. The molecule has 0 aliphatic rings. The first kappa shape index (κ1) is 11.8. The summed E-state index contributed by atoms with van der Waals surface area (Å²) in [6.45, 7) is 3.81. The molecule has 0 spiro atoms. The molecule has 2 N–H and O–H groups in total. The summed E-state index contributed by atoms with van der Waals surface area (Å²) in [7, 11) is 2.96. The van der Waals surface area contributed by atoms with Gasteiger partial charge < -0.3 is 10.3 Å². The van der Waals surface area contributed by atoms with E-state index in [2.05, 4.69) is 10.5 Å². The Morgan fingerprint density at radius 1 is 1.42 bits per heavy atom. The van der Waals surface area contributed by atoms with Crippen LogP contribution < -0.4 is 10.7 Å². The van der Waals surface area contributed by atoms with Gasteiger partial charge in [-0.3, -0.25) is 4.84 Å². The Hall–Kier alpha value is -0.200. The molecule has 0 bridgehead atoms. The Labute approximate surface area is 73.1 Å². The largest absolute Gasteiger partial charge is 0.632 e. The van der Waals surface area contributed by atoms with Crippen LogP contribution in [0.2, 0.25) is 0 Å². The third-order valence-corrected chi connectivity index (χ3v) is 2.10. The molecule has 0 amide bonds. The Balaban J connectivity index is 4.15. The highest BCUT2D eigenvalue weighted by Crippen LogP contribution is 2.10. The van der Waals surface area contributed by atoms with Crippen molar-refractivity contribution in [1.29, 1.82) is 0 Å². The van der Waals surface area contributed by atoms with Gasteiger partial charge in [0.05, 0.1) is 14.2 Å². The van der Waals surface area contributed by atoms with Crippen LogP contribution in [0.1, 0.15) is 26.7 Å². The minimum Gasteiger partial charge on any atom is -0.632 e. The number of hydrogen-bond donors (Lipinski definition) is 2. The summed E-state index contributed by atoms with van der Waals surface area (Å²) in [5, 5.41) is 11.2. The standard InChI is InChI=1S/C7H18N2O3/c1-5-7(6-2,9(3)10)12-8-11-4/h8-9H,5-6H2,1-4H3. The van der Waals surface area contributed by atoms with E-state index in [0.29, 0.717) is 12.8 Å². The minimum absolute atomic E-state index is 0.0112. The van der Waals surface area contributed by atoms with Crippen molar-refractivity contribution in [3.05, 3.63) is 5.21 Å². The molecule has 1 unspecified atom stereocenters. The molecule has 0 heterocycles. The molecule has 1 atom stereocenters. The summed E-state index contributed by atoms with van der Waals surface area (Å²) in [5.41, 5.74) is 1.51. The Bertz CT molecular complexity index is 115. The van der Waals surface area contributed by atoms with Crippen LogP contribution in [-0.2, 0) is 9.68 Å². The number of nitrogens with one attached hydrogen (secondary N) is 2. The molecular weight excluding hydrogens is 160 g/mol. The fraction of sp³-hybridized carbons (Fsp3) is 1.00. The van der Waals surface area contributed by atoms with Crippen LogP contribution in [0.4, 0.5) is 0 Å². The highest BCUT2D eigenvalue weighted by Gasteiger charge is 2.32. The molecule has 0 aliphatic carbocycles. The lowest BCUT2D eigenvalue weighted by Gasteiger charge is -2.38. The molecule has 5 heteroatoms. The Morgan fingerprint density at radius 3 is 2.17 bits per heavy atom. The van der Waals surface area contributed by atoms with E-state index in [0.717, 1.165) is 0 Å². The molecule has 0 saturated carbocycles. The average molecular weight is 178 g/mol. The minimum atomic E-state index is -0.740. The zero-order valence-electron chi connectivity index (χ0n) is 8.14. The molecule has 5 nitrogen and oxygen atoms in total. The van der Waals surface area contributed by atoms with E-state index in [1.807, 2.05) is 13.8 Å². The number of quaternary nitrogens is 1. The Morgan fingerprint density at radius 2 is 1.92 bits per heavy atom. The molecule has 0 aromatic carbocycles.